The van der Waals surface area contributed by atoms with Crippen molar-refractivity contribution in [3.63, 3.8) is 0 Å². The normalized spacial score (nSPS) is 16.7. The standard InChI is InChI=1S/C21H29N3O3S/c1-17-5-4-6-20(15-17)28(25,26)22-16-21(24-11-13-27-14-12-24)18-7-9-19(10-8-18)23(2)3/h4-10,15,21-22H,11-14,16H2,1-3H3. The van der Waals surface area contributed by atoms with Crippen molar-refractivity contribution in [1.29, 1.82) is 0 Å². The van der Waals surface area contributed by atoms with Crippen LogP contribution in [0.3, 0.4) is 0 Å². The van der Waals surface area contributed by atoms with Crippen LogP contribution < -0.4 is 9.62 Å². The third-order valence-corrected chi connectivity index (χ3v) is 6.47. The molecule has 7 heteroatoms. The van der Waals surface area contributed by atoms with Gasteiger partial charge in [-0.15, -0.1) is 0 Å². The highest BCUT2D eigenvalue weighted by atomic mass is 32.2. The molecule has 3 rings (SSSR count). The number of nitrogens with one attached hydrogen (secondary N) is 1. The van der Waals surface area contributed by atoms with Gasteiger partial charge in [0.25, 0.3) is 0 Å². The van der Waals surface area contributed by atoms with E-state index in [0.29, 0.717) is 24.7 Å². The van der Waals surface area contributed by atoms with Crippen molar-refractivity contribution in [2.75, 3.05) is 51.8 Å². The summed E-state index contributed by atoms with van der Waals surface area (Å²) in [4.78, 5) is 4.64. The Balaban J connectivity index is 1.81. The van der Waals surface area contributed by atoms with E-state index < -0.39 is 10.0 Å². The van der Waals surface area contributed by atoms with Gasteiger partial charge in [-0.2, -0.15) is 0 Å². The molecule has 1 fully saturated rings. The fraction of sp³-hybridized carbons (Fsp3) is 0.429. The Kier molecular flexibility index (Phi) is 6.72. The highest BCUT2D eigenvalue weighted by Gasteiger charge is 2.25. The summed E-state index contributed by atoms with van der Waals surface area (Å²) in [5.41, 5.74) is 3.14. The highest BCUT2D eigenvalue weighted by Crippen LogP contribution is 2.24. The first-order chi connectivity index (χ1) is 13.4. The summed E-state index contributed by atoms with van der Waals surface area (Å²) in [6, 6.07) is 15.2. The molecule has 1 heterocycles. The number of aryl methyl sites for hydroxylation is 1. The number of rotatable bonds is 7. The first-order valence-electron chi connectivity index (χ1n) is 9.52. The first kappa shape index (κ1) is 20.8. The van der Waals surface area contributed by atoms with Gasteiger partial charge in [-0.05, 0) is 42.3 Å². The predicted molar refractivity (Wildman–Crippen MR) is 112 cm³/mol. The minimum Gasteiger partial charge on any atom is -0.379 e. The van der Waals surface area contributed by atoms with Crippen LogP contribution in [0.4, 0.5) is 5.69 Å². The molecule has 1 aliphatic rings. The lowest BCUT2D eigenvalue weighted by atomic mass is 10.0. The molecule has 0 spiro atoms. The second-order valence-corrected chi connectivity index (χ2v) is 9.09. The van der Waals surface area contributed by atoms with Gasteiger partial charge in [-0.1, -0.05) is 24.3 Å². The quantitative estimate of drug-likeness (QED) is 0.769. The summed E-state index contributed by atoms with van der Waals surface area (Å²) >= 11 is 0. The highest BCUT2D eigenvalue weighted by molar-refractivity contribution is 7.89. The Morgan fingerprint density at radius 2 is 1.79 bits per heavy atom. The molecule has 0 bridgehead atoms. The Bertz CT molecular complexity index is 876. The molecule has 0 saturated carbocycles. The molecule has 2 aromatic carbocycles. The Morgan fingerprint density at radius 3 is 2.39 bits per heavy atom. The maximum absolute atomic E-state index is 12.8. The smallest absolute Gasteiger partial charge is 0.240 e. The van der Waals surface area contributed by atoms with Gasteiger partial charge >= 0.3 is 0 Å². The second kappa shape index (κ2) is 9.05. The van der Waals surface area contributed by atoms with Crippen molar-refractivity contribution >= 4 is 15.7 Å². The fourth-order valence-electron chi connectivity index (χ4n) is 3.40. The maximum atomic E-state index is 12.8. The largest absolute Gasteiger partial charge is 0.379 e. The number of ether oxygens (including phenoxy) is 1. The van der Waals surface area contributed by atoms with E-state index in [0.717, 1.165) is 29.9 Å². The van der Waals surface area contributed by atoms with E-state index in [-0.39, 0.29) is 6.04 Å². The average molecular weight is 404 g/mol. The van der Waals surface area contributed by atoms with Crippen molar-refractivity contribution < 1.29 is 13.2 Å². The summed E-state index contributed by atoms with van der Waals surface area (Å²) in [6.07, 6.45) is 0. The lowest BCUT2D eigenvalue weighted by Gasteiger charge is -2.35. The molecule has 1 aliphatic heterocycles. The predicted octanol–water partition coefficient (Wildman–Crippen LogP) is 2.41. The Labute approximate surface area is 168 Å². The summed E-state index contributed by atoms with van der Waals surface area (Å²) in [5, 5.41) is 0. The molecule has 0 aliphatic carbocycles. The molecule has 6 nitrogen and oxygen atoms in total. The molecule has 0 amide bonds. The fourth-order valence-corrected chi connectivity index (χ4v) is 4.54. The van der Waals surface area contributed by atoms with Crippen LogP contribution in [0.15, 0.2) is 53.4 Å². The molecular formula is C21H29N3O3S. The Morgan fingerprint density at radius 1 is 1.11 bits per heavy atom. The van der Waals surface area contributed by atoms with E-state index in [1.165, 1.54) is 0 Å². The van der Waals surface area contributed by atoms with Crippen LogP contribution in [0.5, 0.6) is 0 Å². The topological polar surface area (TPSA) is 61.9 Å². The van der Waals surface area contributed by atoms with Gasteiger partial charge in [0.15, 0.2) is 0 Å². The van der Waals surface area contributed by atoms with E-state index in [2.05, 4.69) is 33.9 Å². The molecule has 28 heavy (non-hydrogen) atoms. The van der Waals surface area contributed by atoms with Crippen molar-refractivity contribution in [2.24, 2.45) is 0 Å². The Hall–Kier alpha value is -1.93. The van der Waals surface area contributed by atoms with Crippen LogP contribution in [0.2, 0.25) is 0 Å². The molecular weight excluding hydrogens is 374 g/mol. The number of benzene rings is 2. The lowest BCUT2D eigenvalue weighted by molar-refractivity contribution is 0.0172. The number of nitrogens with zero attached hydrogens (tertiary/aromatic N) is 2. The van der Waals surface area contributed by atoms with Crippen molar-refractivity contribution in [2.45, 2.75) is 17.9 Å². The molecule has 0 radical (unpaired) electrons. The van der Waals surface area contributed by atoms with E-state index in [4.69, 9.17) is 4.74 Å². The van der Waals surface area contributed by atoms with Gasteiger partial charge in [0.05, 0.1) is 18.1 Å². The van der Waals surface area contributed by atoms with Crippen molar-refractivity contribution in [1.82, 2.24) is 9.62 Å². The molecule has 0 aromatic heterocycles. The van der Waals surface area contributed by atoms with Crippen molar-refractivity contribution in [3.8, 4) is 0 Å². The van der Waals surface area contributed by atoms with Gasteiger partial charge < -0.3 is 9.64 Å². The molecule has 1 unspecified atom stereocenters. The number of sulfonamides is 1. The monoisotopic (exact) mass is 403 g/mol. The summed E-state index contributed by atoms with van der Waals surface area (Å²) in [5.74, 6) is 0. The molecule has 152 valence electrons. The third kappa shape index (κ3) is 5.11. The van der Waals surface area contributed by atoms with Gasteiger partial charge in [0.1, 0.15) is 0 Å². The lowest BCUT2D eigenvalue weighted by Crippen LogP contribution is -2.43. The van der Waals surface area contributed by atoms with Crippen LogP contribution in [0.1, 0.15) is 17.2 Å². The zero-order chi connectivity index (χ0) is 20.1. The number of hydrogen-bond acceptors (Lipinski definition) is 5. The molecule has 2 aromatic rings. The maximum Gasteiger partial charge on any atom is 0.240 e. The molecule has 1 atom stereocenters. The second-order valence-electron chi connectivity index (χ2n) is 7.32. The van der Waals surface area contributed by atoms with Gasteiger partial charge in [0.2, 0.25) is 10.0 Å². The summed E-state index contributed by atoms with van der Waals surface area (Å²) in [6.45, 7) is 5.10. The van der Waals surface area contributed by atoms with E-state index >= 15 is 0 Å². The zero-order valence-electron chi connectivity index (χ0n) is 16.8. The number of anilines is 1. The number of hydrogen-bond donors (Lipinski definition) is 1. The van der Waals surface area contributed by atoms with Crippen LogP contribution in [0, 0.1) is 6.92 Å². The van der Waals surface area contributed by atoms with Gasteiger partial charge in [-0.3, -0.25) is 4.90 Å². The van der Waals surface area contributed by atoms with E-state index in [1.54, 1.807) is 18.2 Å². The summed E-state index contributed by atoms with van der Waals surface area (Å²) in [7, 11) is 0.447. The van der Waals surface area contributed by atoms with Crippen LogP contribution in [0.25, 0.3) is 0 Å². The SMILES string of the molecule is Cc1cccc(S(=O)(=O)NCC(c2ccc(N(C)C)cc2)N2CCOCC2)c1. The molecule has 1 saturated heterocycles. The first-order valence-corrected chi connectivity index (χ1v) is 11.0. The van der Waals surface area contributed by atoms with Crippen LogP contribution in [-0.2, 0) is 14.8 Å². The van der Waals surface area contributed by atoms with Gasteiger partial charge in [0, 0.05) is 45.5 Å². The van der Waals surface area contributed by atoms with Crippen LogP contribution in [-0.4, -0.2) is 60.3 Å². The van der Waals surface area contributed by atoms with Gasteiger partial charge in [-0.25, -0.2) is 13.1 Å². The molecule has 1 N–H and O–H groups in total. The average Bonchev–Trinajstić information content (AvgIpc) is 2.69. The van der Waals surface area contributed by atoms with E-state index in [1.807, 2.05) is 32.0 Å². The summed E-state index contributed by atoms with van der Waals surface area (Å²) < 4.78 is 33.9. The third-order valence-electron chi connectivity index (χ3n) is 5.05. The number of morpholine rings is 1. The van der Waals surface area contributed by atoms with E-state index in [9.17, 15) is 8.42 Å². The van der Waals surface area contributed by atoms with Crippen LogP contribution >= 0.6 is 0 Å². The van der Waals surface area contributed by atoms with Crippen molar-refractivity contribution in [3.05, 3.63) is 59.7 Å². The minimum absolute atomic E-state index is 0.0419. The minimum atomic E-state index is -3.56. The zero-order valence-corrected chi connectivity index (χ0v) is 17.6.